The van der Waals surface area contributed by atoms with Crippen molar-refractivity contribution in [2.75, 3.05) is 5.32 Å². The summed E-state index contributed by atoms with van der Waals surface area (Å²) in [6.07, 6.45) is 6.46. The van der Waals surface area contributed by atoms with Gasteiger partial charge in [0.15, 0.2) is 0 Å². The lowest BCUT2D eigenvalue weighted by Gasteiger charge is -2.19. The zero-order chi connectivity index (χ0) is 18.0. The number of nitrogens with one attached hydrogen (secondary N) is 1. The summed E-state index contributed by atoms with van der Waals surface area (Å²) in [6.45, 7) is 7.46. The van der Waals surface area contributed by atoms with Gasteiger partial charge in [-0.2, -0.15) is 0 Å². The van der Waals surface area contributed by atoms with Crippen molar-refractivity contribution in [1.82, 2.24) is 15.0 Å². The van der Waals surface area contributed by atoms with E-state index in [1.54, 1.807) is 30.9 Å². The molecule has 0 atom stereocenters. The van der Waals surface area contributed by atoms with Crippen molar-refractivity contribution in [2.24, 2.45) is 0 Å². The van der Waals surface area contributed by atoms with E-state index in [0.717, 1.165) is 27.6 Å². The molecule has 0 radical (unpaired) electrons. The fraction of sp³-hybridized carbons (Fsp3) is 0.263. The van der Waals surface area contributed by atoms with Gasteiger partial charge in [0.1, 0.15) is 11.4 Å². The number of aromatic nitrogens is 3. The minimum absolute atomic E-state index is 0.432. The van der Waals surface area contributed by atoms with Crippen LogP contribution >= 0.6 is 0 Å². The Morgan fingerprint density at radius 2 is 1.84 bits per heavy atom. The molecule has 0 fully saturated rings. The molecule has 3 aromatic rings. The third-order valence-corrected chi connectivity index (χ3v) is 3.55. The highest BCUT2D eigenvalue weighted by atomic mass is 16.6. The molecule has 6 heteroatoms. The summed E-state index contributed by atoms with van der Waals surface area (Å²) >= 11 is 0. The van der Waals surface area contributed by atoms with Crippen LogP contribution < -0.4 is 5.32 Å². The second-order valence-electron chi connectivity index (χ2n) is 6.80. The number of aryl methyl sites for hydroxylation is 1. The number of hydrogen-bond donors (Lipinski definition) is 1. The van der Waals surface area contributed by atoms with Crippen LogP contribution in [0.25, 0.3) is 22.0 Å². The highest BCUT2D eigenvalue weighted by Gasteiger charge is 2.16. The maximum atomic E-state index is 11.9. The number of carbonyl (C=O) groups excluding carboxylic acids is 1. The predicted octanol–water partition coefficient (Wildman–Crippen LogP) is 4.35. The Hall–Kier alpha value is -3.02. The average molecular weight is 336 g/mol. The Labute approximate surface area is 146 Å². The second-order valence-corrected chi connectivity index (χ2v) is 6.80. The van der Waals surface area contributed by atoms with Crippen molar-refractivity contribution in [3.63, 3.8) is 0 Å². The monoisotopic (exact) mass is 336 g/mol. The summed E-state index contributed by atoms with van der Waals surface area (Å²) in [4.78, 5) is 24.8. The molecule has 6 nitrogen and oxygen atoms in total. The minimum atomic E-state index is -0.560. The first-order valence-electron chi connectivity index (χ1n) is 7.99. The van der Waals surface area contributed by atoms with Crippen LogP contribution in [0.4, 0.5) is 10.6 Å². The summed E-state index contributed by atoms with van der Waals surface area (Å²) in [7, 11) is 0. The highest BCUT2D eigenvalue weighted by Crippen LogP contribution is 2.25. The van der Waals surface area contributed by atoms with Gasteiger partial charge in [-0.15, -0.1) is 0 Å². The van der Waals surface area contributed by atoms with Crippen LogP contribution in [0, 0.1) is 6.92 Å². The lowest BCUT2D eigenvalue weighted by atomic mass is 10.1. The van der Waals surface area contributed by atoms with Crippen LogP contribution in [0.1, 0.15) is 26.3 Å². The van der Waals surface area contributed by atoms with Crippen LogP contribution in [0.15, 0.2) is 43.0 Å². The standard InChI is InChI=1S/C19H20N4O2/c1-12-5-6-20-11-15(12)16-7-13-8-17(22-10-14(13)9-21-16)23-18(24)25-19(2,3)4/h5-11H,1-4H3,(H,22,23,24). The van der Waals surface area contributed by atoms with E-state index in [9.17, 15) is 4.79 Å². The normalized spacial score (nSPS) is 11.4. The maximum Gasteiger partial charge on any atom is 0.413 e. The van der Waals surface area contributed by atoms with Gasteiger partial charge in [0.2, 0.25) is 0 Å². The molecule has 0 saturated heterocycles. The Morgan fingerprint density at radius 1 is 1.08 bits per heavy atom. The van der Waals surface area contributed by atoms with E-state index in [2.05, 4.69) is 20.3 Å². The topological polar surface area (TPSA) is 77.0 Å². The number of pyridine rings is 3. The van der Waals surface area contributed by atoms with Gasteiger partial charge in [-0.1, -0.05) is 0 Å². The van der Waals surface area contributed by atoms with E-state index < -0.39 is 11.7 Å². The molecular weight excluding hydrogens is 316 g/mol. The average Bonchev–Trinajstić information content (AvgIpc) is 2.53. The molecule has 0 aliphatic rings. The molecule has 0 aromatic carbocycles. The van der Waals surface area contributed by atoms with E-state index in [1.807, 2.05) is 39.8 Å². The van der Waals surface area contributed by atoms with Crippen molar-refractivity contribution < 1.29 is 9.53 Å². The van der Waals surface area contributed by atoms with Gasteiger partial charge in [0, 0.05) is 35.7 Å². The molecule has 128 valence electrons. The molecule has 0 saturated carbocycles. The Morgan fingerprint density at radius 3 is 2.56 bits per heavy atom. The molecule has 0 aliphatic carbocycles. The van der Waals surface area contributed by atoms with Gasteiger partial charge < -0.3 is 4.74 Å². The van der Waals surface area contributed by atoms with Crippen LogP contribution in [-0.2, 0) is 4.74 Å². The first-order chi connectivity index (χ1) is 11.8. The molecule has 25 heavy (non-hydrogen) atoms. The summed E-state index contributed by atoms with van der Waals surface area (Å²) in [5.74, 6) is 0.432. The van der Waals surface area contributed by atoms with Crippen molar-refractivity contribution >= 4 is 22.7 Å². The Balaban J connectivity index is 1.91. The molecular formula is C19H20N4O2. The van der Waals surface area contributed by atoms with E-state index in [-0.39, 0.29) is 0 Å². The lowest BCUT2D eigenvalue weighted by Crippen LogP contribution is -2.27. The SMILES string of the molecule is Cc1ccncc1-c1cc2cc(NC(=O)OC(C)(C)C)ncc2cn1. The highest BCUT2D eigenvalue weighted by molar-refractivity contribution is 5.90. The lowest BCUT2D eigenvalue weighted by molar-refractivity contribution is 0.0635. The molecule has 3 aromatic heterocycles. The third kappa shape index (κ3) is 4.09. The molecule has 0 unspecified atom stereocenters. The number of nitrogens with zero attached hydrogens (tertiary/aromatic N) is 3. The van der Waals surface area contributed by atoms with Crippen molar-refractivity contribution in [3.05, 3.63) is 48.5 Å². The number of fused-ring (bicyclic) bond motifs is 1. The number of carbonyl (C=O) groups is 1. The molecule has 3 heterocycles. The quantitative estimate of drug-likeness (QED) is 0.753. The van der Waals surface area contributed by atoms with Gasteiger partial charge in [0.25, 0.3) is 0 Å². The Kier molecular flexibility index (Phi) is 4.35. The summed E-state index contributed by atoms with van der Waals surface area (Å²) in [6, 6.07) is 5.71. The van der Waals surface area contributed by atoms with E-state index in [1.165, 1.54) is 0 Å². The molecule has 0 bridgehead atoms. The molecule has 0 aliphatic heterocycles. The molecule has 3 rings (SSSR count). The third-order valence-electron chi connectivity index (χ3n) is 3.55. The minimum Gasteiger partial charge on any atom is -0.444 e. The Bertz CT molecular complexity index is 932. The molecule has 0 spiro atoms. The van der Waals surface area contributed by atoms with Crippen molar-refractivity contribution in [1.29, 1.82) is 0 Å². The zero-order valence-corrected chi connectivity index (χ0v) is 14.7. The fourth-order valence-electron chi connectivity index (χ4n) is 2.39. The van der Waals surface area contributed by atoms with E-state index in [0.29, 0.717) is 5.82 Å². The maximum absolute atomic E-state index is 11.9. The first-order valence-corrected chi connectivity index (χ1v) is 7.99. The first kappa shape index (κ1) is 16.8. The predicted molar refractivity (Wildman–Crippen MR) is 97.4 cm³/mol. The molecule has 1 N–H and O–H groups in total. The number of rotatable bonds is 2. The molecule has 1 amide bonds. The summed E-state index contributed by atoms with van der Waals surface area (Å²) in [5.41, 5.74) is 2.34. The van der Waals surface area contributed by atoms with Crippen LogP contribution in [0.5, 0.6) is 0 Å². The number of amides is 1. The van der Waals surface area contributed by atoms with Crippen molar-refractivity contribution in [2.45, 2.75) is 33.3 Å². The summed E-state index contributed by atoms with van der Waals surface area (Å²) < 4.78 is 5.25. The number of ether oxygens (including phenoxy) is 1. The van der Waals surface area contributed by atoms with Crippen molar-refractivity contribution in [3.8, 4) is 11.3 Å². The fourth-order valence-corrected chi connectivity index (χ4v) is 2.39. The number of hydrogen-bond acceptors (Lipinski definition) is 5. The van der Waals surface area contributed by atoms with Gasteiger partial charge in [-0.05, 0) is 56.8 Å². The van der Waals surface area contributed by atoms with Crippen LogP contribution in [-0.4, -0.2) is 26.6 Å². The zero-order valence-electron chi connectivity index (χ0n) is 14.7. The van der Waals surface area contributed by atoms with Crippen LogP contribution in [0.3, 0.4) is 0 Å². The van der Waals surface area contributed by atoms with Crippen LogP contribution in [0.2, 0.25) is 0 Å². The summed E-state index contributed by atoms with van der Waals surface area (Å²) in [5, 5.41) is 4.47. The second kappa shape index (κ2) is 6.47. The van der Waals surface area contributed by atoms with E-state index in [4.69, 9.17) is 4.74 Å². The van der Waals surface area contributed by atoms with Gasteiger partial charge in [-0.25, -0.2) is 9.78 Å². The smallest absolute Gasteiger partial charge is 0.413 e. The largest absolute Gasteiger partial charge is 0.444 e. The number of anilines is 1. The van der Waals surface area contributed by atoms with Gasteiger partial charge >= 0.3 is 6.09 Å². The van der Waals surface area contributed by atoms with Gasteiger partial charge in [0.05, 0.1) is 5.69 Å². The van der Waals surface area contributed by atoms with Gasteiger partial charge in [-0.3, -0.25) is 15.3 Å². The van der Waals surface area contributed by atoms with E-state index >= 15 is 0 Å².